The minimum absolute atomic E-state index is 0.108. The van der Waals surface area contributed by atoms with Gasteiger partial charge in [0.05, 0.1) is 21.7 Å². The van der Waals surface area contributed by atoms with E-state index < -0.39 is 0 Å². The van der Waals surface area contributed by atoms with Gasteiger partial charge < -0.3 is 9.80 Å². The lowest BCUT2D eigenvalue weighted by atomic mass is 9.85. The Morgan fingerprint density at radius 3 is 2.79 bits per heavy atom. The SMILES string of the molecule is CCCN1CCC2(CCN(C(=O)CSc3cc(C)c4cc(C)ccc4n3)C2)C1=O. The molecule has 0 saturated carbocycles. The highest BCUT2D eigenvalue weighted by Gasteiger charge is 2.51. The number of rotatable bonds is 5. The van der Waals surface area contributed by atoms with E-state index in [0.29, 0.717) is 18.8 Å². The fourth-order valence-electron chi connectivity index (χ4n) is 4.62. The predicted octanol–water partition coefficient (Wildman–Crippen LogP) is 3.80. The number of thioether (sulfide) groups is 1. The van der Waals surface area contributed by atoms with Crippen molar-refractivity contribution in [1.82, 2.24) is 14.8 Å². The van der Waals surface area contributed by atoms with Crippen molar-refractivity contribution >= 4 is 34.5 Å². The van der Waals surface area contributed by atoms with Crippen LogP contribution in [0.3, 0.4) is 0 Å². The van der Waals surface area contributed by atoms with Gasteiger partial charge in [-0.15, -0.1) is 0 Å². The molecule has 4 rings (SSSR count). The van der Waals surface area contributed by atoms with Gasteiger partial charge in [-0.05, 0) is 56.9 Å². The minimum atomic E-state index is -0.328. The molecule has 0 radical (unpaired) electrons. The van der Waals surface area contributed by atoms with E-state index in [-0.39, 0.29) is 17.2 Å². The summed E-state index contributed by atoms with van der Waals surface area (Å²) in [6.45, 7) is 9.21. The Kier molecular flexibility index (Phi) is 5.56. The van der Waals surface area contributed by atoms with Gasteiger partial charge in [-0.3, -0.25) is 9.59 Å². The summed E-state index contributed by atoms with van der Waals surface area (Å²) in [6, 6.07) is 8.33. The third-order valence-corrected chi connectivity index (χ3v) is 7.19. The van der Waals surface area contributed by atoms with Crippen LogP contribution in [0.15, 0.2) is 29.3 Å². The number of carbonyl (C=O) groups excluding carboxylic acids is 2. The molecule has 1 aromatic heterocycles. The van der Waals surface area contributed by atoms with Crippen LogP contribution in [-0.2, 0) is 9.59 Å². The molecule has 0 aliphatic carbocycles. The minimum Gasteiger partial charge on any atom is -0.342 e. The maximum absolute atomic E-state index is 12.8. The van der Waals surface area contributed by atoms with Crippen LogP contribution >= 0.6 is 11.8 Å². The highest BCUT2D eigenvalue weighted by Crippen LogP contribution is 2.41. The van der Waals surface area contributed by atoms with Gasteiger partial charge in [0, 0.05) is 31.6 Å². The summed E-state index contributed by atoms with van der Waals surface area (Å²) >= 11 is 1.49. The molecule has 6 heteroatoms. The molecule has 1 aromatic carbocycles. The lowest BCUT2D eigenvalue weighted by molar-refractivity contribution is -0.136. The monoisotopic (exact) mass is 411 g/mol. The normalized spacial score (nSPS) is 21.7. The molecule has 29 heavy (non-hydrogen) atoms. The second-order valence-electron chi connectivity index (χ2n) is 8.47. The molecular weight excluding hydrogens is 382 g/mol. The van der Waals surface area contributed by atoms with Gasteiger partial charge in [0.1, 0.15) is 0 Å². The number of likely N-dealkylation sites (tertiary alicyclic amines) is 2. The molecule has 5 nitrogen and oxygen atoms in total. The standard InChI is InChI=1S/C23H29N3O2S/c1-4-9-25-10-7-23(22(25)28)8-11-26(15-23)21(27)14-29-20-13-17(3)18-12-16(2)5-6-19(18)24-20/h5-6,12-13H,4,7-11,14-15H2,1-3H3. The number of carbonyl (C=O) groups is 2. The molecular formula is C23H29N3O2S. The van der Waals surface area contributed by atoms with Crippen LogP contribution in [0.1, 0.15) is 37.3 Å². The molecule has 3 heterocycles. The van der Waals surface area contributed by atoms with Crippen LogP contribution in [0, 0.1) is 19.3 Å². The Hall–Kier alpha value is -2.08. The summed E-state index contributed by atoms with van der Waals surface area (Å²) in [6.07, 6.45) is 2.67. The Morgan fingerprint density at radius 2 is 2.00 bits per heavy atom. The number of aromatic nitrogens is 1. The molecule has 154 valence electrons. The van der Waals surface area contributed by atoms with Crippen molar-refractivity contribution in [3.8, 4) is 0 Å². The van der Waals surface area contributed by atoms with Gasteiger partial charge in [-0.25, -0.2) is 4.98 Å². The van der Waals surface area contributed by atoms with E-state index in [4.69, 9.17) is 4.98 Å². The summed E-state index contributed by atoms with van der Waals surface area (Å²) in [4.78, 5) is 34.2. The second-order valence-corrected chi connectivity index (χ2v) is 9.47. The lowest BCUT2D eigenvalue weighted by Gasteiger charge is -2.23. The molecule has 2 aliphatic heterocycles. The van der Waals surface area contributed by atoms with Crippen molar-refractivity contribution in [2.45, 2.75) is 45.1 Å². The first-order valence-electron chi connectivity index (χ1n) is 10.5. The second kappa shape index (κ2) is 7.98. The topological polar surface area (TPSA) is 53.5 Å². The van der Waals surface area contributed by atoms with Gasteiger partial charge in [0.2, 0.25) is 11.8 Å². The van der Waals surface area contributed by atoms with E-state index in [9.17, 15) is 9.59 Å². The average Bonchev–Trinajstić information content (AvgIpc) is 3.27. The summed E-state index contributed by atoms with van der Waals surface area (Å²) in [7, 11) is 0. The number of aryl methyl sites for hydroxylation is 2. The van der Waals surface area contributed by atoms with E-state index in [1.165, 1.54) is 28.3 Å². The summed E-state index contributed by atoms with van der Waals surface area (Å²) in [5.41, 5.74) is 3.05. The third kappa shape index (κ3) is 3.87. The molecule has 1 atom stereocenters. The van der Waals surface area contributed by atoms with Gasteiger partial charge >= 0.3 is 0 Å². The number of nitrogens with zero attached hydrogens (tertiary/aromatic N) is 3. The number of benzene rings is 1. The van der Waals surface area contributed by atoms with Crippen LogP contribution < -0.4 is 0 Å². The van der Waals surface area contributed by atoms with Gasteiger partial charge in [0.15, 0.2) is 0 Å². The molecule has 2 aliphatic rings. The Bertz CT molecular complexity index is 961. The van der Waals surface area contributed by atoms with Crippen LogP contribution in [0.4, 0.5) is 0 Å². The van der Waals surface area contributed by atoms with Crippen LogP contribution in [-0.4, -0.2) is 58.5 Å². The molecule has 0 N–H and O–H groups in total. The first-order valence-corrected chi connectivity index (χ1v) is 11.5. The number of fused-ring (bicyclic) bond motifs is 1. The zero-order valence-corrected chi connectivity index (χ0v) is 18.3. The number of hydrogen-bond donors (Lipinski definition) is 0. The van der Waals surface area contributed by atoms with Crippen LogP contribution in [0.5, 0.6) is 0 Å². The van der Waals surface area contributed by atoms with E-state index in [2.05, 4.69) is 39.0 Å². The van der Waals surface area contributed by atoms with E-state index >= 15 is 0 Å². The Morgan fingerprint density at radius 1 is 1.21 bits per heavy atom. The number of pyridine rings is 1. The first kappa shape index (κ1) is 20.2. The highest BCUT2D eigenvalue weighted by atomic mass is 32.2. The fraction of sp³-hybridized carbons (Fsp3) is 0.522. The van der Waals surface area contributed by atoms with Gasteiger partial charge in [-0.1, -0.05) is 30.3 Å². The van der Waals surface area contributed by atoms with E-state index in [1.54, 1.807) is 0 Å². The summed E-state index contributed by atoms with van der Waals surface area (Å²) in [5, 5.41) is 2.05. The van der Waals surface area contributed by atoms with E-state index in [0.717, 1.165) is 42.9 Å². The zero-order chi connectivity index (χ0) is 20.6. The zero-order valence-electron chi connectivity index (χ0n) is 17.5. The van der Waals surface area contributed by atoms with Crippen molar-refractivity contribution in [3.05, 3.63) is 35.4 Å². The Balaban J connectivity index is 1.39. The molecule has 2 fully saturated rings. The predicted molar refractivity (Wildman–Crippen MR) is 117 cm³/mol. The van der Waals surface area contributed by atoms with Crippen molar-refractivity contribution in [2.75, 3.05) is 31.9 Å². The van der Waals surface area contributed by atoms with Crippen LogP contribution in [0.25, 0.3) is 10.9 Å². The molecule has 1 spiro atoms. The molecule has 2 amide bonds. The van der Waals surface area contributed by atoms with E-state index in [1.807, 2.05) is 15.9 Å². The highest BCUT2D eigenvalue weighted by molar-refractivity contribution is 7.99. The Labute approximate surface area is 176 Å². The van der Waals surface area contributed by atoms with Crippen LogP contribution in [0.2, 0.25) is 0 Å². The summed E-state index contributed by atoms with van der Waals surface area (Å²) < 4.78 is 0. The number of amides is 2. The lowest BCUT2D eigenvalue weighted by Crippen LogP contribution is -2.39. The third-order valence-electron chi connectivity index (χ3n) is 6.29. The van der Waals surface area contributed by atoms with Gasteiger partial charge in [0.25, 0.3) is 0 Å². The van der Waals surface area contributed by atoms with Gasteiger partial charge in [-0.2, -0.15) is 0 Å². The quantitative estimate of drug-likeness (QED) is 0.702. The number of hydrogen-bond acceptors (Lipinski definition) is 4. The molecule has 1 unspecified atom stereocenters. The smallest absolute Gasteiger partial charge is 0.233 e. The maximum Gasteiger partial charge on any atom is 0.233 e. The molecule has 2 saturated heterocycles. The molecule has 0 bridgehead atoms. The largest absolute Gasteiger partial charge is 0.342 e. The van der Waals surface area contributed by atoms with Crippen molar-refractivity contribution in [3.63, 3.8) is 0 Å². The van der Waals surface area contributed by atoms with Crippen molar-refractivity contribution in [1.29, 1.82) is 0 Å². The van der Waals surface area contributed by atoms with Crippen molar-refractivity contribution in [2.24, 2.45) is 5.41 Å². The van der Waals surface area contributed by atoms with Crippen molar-refractivity contribution < 1.29 is 9.59 Å². The first-order chi connectivity index (χ1) is 13.9. The summed E-state index contributed by atoms with van der Waals surface area (Å²) in [5.74, 6) is 0.730. The maximum atomic E-state index is 12.8. The average molecular weight is 412 g/mol. The molecule has 2 aromatic rings. The fourth-order valence-corrected chi connectivity index (χ4v) is 5.50.